The van der Waals surface area contributed by atoms with Gasteiger partial charge in [-0.1, -0.05) is 62.2 Å². The Labute approximate surface area is 218 Å². The van der Waals surface area contributed by atoms with Crippen LogP contribution < -0.4 is 5.32 Å². The van der Waals surface area contributed by atoms with Crippen molar-refractivity contribution in [2.24, 2.45) is 5.41 Å². The maximum absolute atomic E-state index is 13.2. The second-order valence-corrected chi connectivity index (χ2v) is 10.3. The Hall–Kier alpha value is -3.06. The zero-order valence-corrected chi connectivity index (χ0v) is 21.6. The van der Waals surface area contributed by atoms with Crippen LogP contribution in [0, 0.1) is 5.41 Å². The third kappa shape index (κ3) is 5.30. The Balaban J connectivity index is 1.60. The fourth-order valence-electron chi connectivity index (χ4n) is 3.60. The molecule has 0 spiro atoms. The molecule has 4 rings (SSSR count). The number of carbonyl (C=O) groups excluding carboxylic acids is 2. The monoisotopic (exact) mass is 528 g/mol. The number of halogens is 3. The molecule has 180 valence electrons. The number of hydrogen-bond acceptors (Lipinski definition) is 3. The first kappa shape index (κ1) is 25.0. The summed E-state index contributed by atoms with van der Waals surface area (Å²) in [6.45, 7) is 5.42. The van der Waals surface area contributed by atoms with Crippen molar-refractivity contribution in [1.82, 2.24) is 14.2 Å². The number of nitrogens with one attached hydrogen (secondary N) is 1. The smallest absolute Gasteiger partial charge is 0.257 e. The molecule has 1 aromatic heterocycles. The molecule has 0 fully saturated rings. The van der Waals surface area contributed by atoms with E-state index in [2.05, 4.69) is 10.4 Å². The molecule has 0 unspecified atom stereocenters. The van der Waals surface area contributed by atoms with Crippen molar-refractivity contribution in [1.29, 1.82) is 0 Å². The van der Waals surface area contributed by atoms with Crippen LogP contribution >= 0.6 is 35.0 Å². The van der Waals surface area contributed by atoms with Crippen LogP contribution in [0.25, 0.3) is 16.6 Å². The molecular weight excluding hydrogens is 507 g/mol. The third-order valence-corrected chi connectivity index (χ3v) is 6.40. The molecular formula is C26H23Cl3N4O2. The summed E-state index contributed by atoms with van der Waals surface area (Å²) in [4.78, 5) is 25.6. The lowest BCUT2D eigenvalue weighted by Gasteiger charge is -2.24. The van der Waals surface area contributed by atoms with Gasteiger partial charge in [-0.15, -0.1) is 0 Å². The predicted octanol–water partition coefficient (Wildman–Crippen LogP) is 7.11. The number of hydrogen-bond donors (Lipinski definition) is 1. The first-order chi connectivity index (χ1) is 16.6. The number of amides is 2. The Morgan fingerprint density at radius 2 is 1.69 bits per heavy atom. The van der Waals surface area contributed by atoms with E-state index in [1.807, 2.05) is 24.3 Å². The van der Waals surface area contributed by atoms with E-state index < -0.39 is 5.41 Å². The molecule has 0 aliphatic rings. The van der Waals surface area contributed by atoms with Crippen LogP contribution in [0.4, 0.5) is 5.69 Å². The zero-order chi connectivity index (χ0) is 25.3. The fraction of sp³-hybridized carbons (Fsp3) is 0.192. The van der Waals surface area contributed by atoms with Gasteiger partial charge < -0.3 is 5.32 Å². The first-order valence-electron chi connectivity index (χ1n) is 10.9. The average molecular weight is 530 g/mol. The molecule has 0 aliphatic carbocycles. The lowest BCUT2D eigenvalue weighted by molar-refractivity contribution is -0.134. The minimum Gasteiger partial charge on any atom is -0.321 e. The molecule has 4 aromatic rings. The molecule has 6 nitrogen and oxygen atoms in total. The summed E-state index contributed by atoms with van der Waals surface area (Å²) in [6, 6.07) is 18.0. The van der Waals surface area contributed by atoms with E-state index in [-0.39, 0.29) is 28.9 Å². The number of aromatic nitrogens is 2. The van der Waals surface area contributed by atoms with Gasteiger partial charge in [0.15, 0.2) is 0 Å². The minimum atomic E-state index is -0.641. The SMILES string of the molecule is CC(C)(C)C(=O)N(Cl)Cc1cccc(C(=O)Nc2cccc3c2cnn3-c2ccc(Cl)cc2)c1Cl. The van der Waals surface area contributed by atoms with Crippen molar-refractivity contribution < 1.29 is 9.59 Å². The third-order valence-electron chi connectivity index (χ3n) is 5.43. The van der Waals surface area contributed by atoms with Crippen LogP contribution in [0.15, 0.2) is 66.9 Å². The van der Waals surface area contributed by atoms with E-state index in [1.165, 1.54) is 0 Å². The summed E-state index contributed by atoms with van der Waals surface area (Å²) in [5.74, 6) is -0.624. The number of nitrogens with zero attached hydrogens (tertiary/aromatic N) is 3. The Morgan fingerprint density at radius 3 is 2.37 bits per heavy atom. The predicted molar refractivity (Wildman–Crippen MR) is 141 cm³/mol. The Morgan fingerprint density at radius 1 is 1.00 bits per heavy atom. The molecule has 0 saturated heterocycles. The zero-order valence-electron chi connectivity index (χ0n) is 19.3. The van der Waals surface area contributed by atoms with E-state index in [4.69, 9.17) is 35.0 Å². The number of rotatable bonds is 5. The van der Waals surface area contributed by atoms with E-state index in [9.17, 15) is 9.59 Å². The van der Waals surface area contributed by atoms with Gasteiger partial charge in [0.2, 0.25) is 5.91 Å². The van der Waals surface area contributed by atoms with E-state index in [0.717, 1.165) is 21.0 Å². The van der Waals surface area contributed by atoms with Crippen LogP contribution in [0.3, 0.4) is 0 Å². The fourth-order valence-corrected chi connectivity index (χ4v) is 4.38. The normalized spacial score (nSPS) is 11.5. The highest BCUT2D eigenvalue weighted by Crippen LogP contribution is 2.29. The van der Waals surface area contributed by atoms with Crippen LogP contribution in [-0.2, 0) is 11.3 Å². The molecule has 2 amide bonds. The van der Waals surface area contributed by atoms with Crippen molar-refractivity contribution in [2.45, 2.75) is 27.3 Å². The summed E-state index contributed by atoms with van der Waals surface area (Å²) >= 11 is 18.8. The summed E-state index contributed by atoms with van der Waals surface area (Å²) in [7, 11) is 0. The maximum Gasteiger partial charge on any atom is 0.257 e. The largest absolute Gasteiger partial charge is 0.321 e. The van der Waals surface area contributed by atoms with E-state index in [1.54, 1.807) is 68.0 Å². The van der Waals surface area contributed by atoms with Gasteiger partial charge >= 0.3 is 0 Å². The highest BCUT2D eigenvalue weighted by Gasteiger charge is 2.27. The van der Waals surface area contributed by atoms with Crippen molar-refractivity contribution in [3.8, 4) is 5.69 Å². The Kier molecular flexibility index (Phi) is 7.08. The molecule has 0 aliphatic heterocycles. The summed E-state index contributed by atoms with van der Waals surface area (Å²) in [5.41, 5.74) is 2.47. The molecule has 1 N–H and O–H groups in total. The van der Waals surface area contributed by atoms with Gasteiger partial charge in [-0.3, -0.25) is 9.59 Å². The van der Waals surface area contributed by atoms with Gasteiger partial charge in [0.1, 0.15) is 0 Å². The van der Waals surface area contributed by atoms with Gasteiger partial charge in [0, 0.05) is 27.6 Å². The van der Waals surface area contributed by atoms with Crippen molar-refractivity contribution >= 4 is 63.4 Å². The first-order valence-corrected chi connectivity index (χ1v) is 11.9. The summed E-state index contributed by atoms with van der Waals surface area (Å²) in [5, 5.41) is 9.06. The lowest BCUT2D eigenvalue weighted by Crippen LogP contribution is -2.33. The van der Waals surface area contributed by atoms with Crippen molar-refractivity contribution in [3.63, 3.8) is 0 Å². The topological polar surface area (TPSA) is 67.2 Å². The average Bonchev–Trinajstić information content (AvgIpc) is 3.25. The quantitative estimate of drug-likeness (QED) is 0.280. The second kappa shape index (κ2) is 9.90. The highest BCUT2D eigenvalue weighted by molar-refractivity contribution is 6.35. The number of carbonyl (C=O) groups is 2. The highest BCUT2D eigenvalue weighted by atomic mass is 35.5. The molecule has 35 heavy (non-hydrogen) atoms. The summed E-state index contributed by atoms with van der Waals surface area (Å²) in [6.07, 6.45) is 1.70. The molecule has 3 aromatic carbocycles. The molecule has 9 heteroatoms. The van der Waals surface area contributed by atoms with Crippen LogP contribution in [0.1, 0.15) is 36.7 Å². The van der Waals surface area contributed by atoms with Crippen molar-refractivity contribution in [2.75, 3.05) is 5.32 Å². The van der Waals surface area contributed by atoms with Gasteiger partial charge in [-0.05, 0) is 48.0 Å². The molecule has 0 bridgehead atoms. The minimum absolute atomic E-state index is 0.0705. The number of benzene rings is 3. The van der Waals surface area contributed by atoms with Gasteiger partial charge in [0.25, 0.3) is 5.91 Å². The lowest BCUT2D eigenvalue weighted by atomic mass is 9.95. The molecule has 0 atom stereocenters. The Bertz CT molecular complexity index is 1410. The van der Waals surface area contributed by atoms with Crippen LogP contribution in [0.5, 0.6) is 0 Å². The van der Waals surface area contributed by atoms with Gasteiger partial charge in [-0.2, -0.15) is 5.10 Å². The van der Waals surface area contributed by atoms with Crippen LogP contribution in [0.2, 0.25) is 10.0 Å². The second-order valence-electron chi connectivity index (χ2n) is 9.08. The van der Waals surface area contributed by atoms with Gasteiger partial charge in [-0.25, -0.2) is 9.10 Å². The van der Waals surface area contributed by atoms with Crippen LogP contribution in [-0.4, -0.2) is 26.0 Å². The number of anilines is 1. The van der Waals surface area contributed by atoms with E-state index in [0.29, 0.717) is 16.3 Å². The molecule has 0 saturated carbocycles. The standard InChI is InChI=1S/C26H23Cl3N4O2/c1-26(2,3)25(35)32(29)15-16-6-4-7-19(23(16)28)24(34)31-21-8-5-9-22-20(21)14-30-33(22)18-12-10-17(27)11-13-18/h4-14H,15H2,1-3H3,(H,31,34). The molecule has 1 heterocycles. The molecule has 0 radical (unpaired) electrons. The number of fused-ring (bicyclic) bond motifs is 1. The maximum atomic E-state index is 13.2. The summed E-state index contributed by atoms with van der Waals surface area (Å²) < 4.78 is 2.87. The van der Waals surface area contributed by atoms with Gasteiger partial charge in [0.05, 0.1) is 40.2 Å². The van der Waals surface area contributed by atoms with Crippen molar-refractivity contribution in [3.05, 3.63) is 88.0 Å². The van der Waals surface area contributed by atoms with E-state index >= 15 is 0 Å².